The van der Waals surface area contributed by atoms with Crippen LogP contribution in [-0.2, 0) is 4.79 Å². The van der Waals surface area contributed by atoms with E-state index >= 15 is 0 Å². The Morgan fingerprint density at radius 3 is 2.42 bits per heavy atom. The molecule has 2 aromatic rings. The van der Waals surface area contributed by atoms with E-state index in [9.17, 15) is 18.4 Å². The maximum atomic E-state index is 15.0. The van der Waals surface area contributed by atoms with Crippen LogP contribution >= 0.6 is 0 Å². The summed E-state index contributed by atoms with van der Waals surface area (Å²) in [6, 6.07) is 3.34. The molecular formula is C22H19F2N5O2. The molecule has 1 unspecified atom stereocenters. The van der Waals surface area contributed by atoms with Crippen molar-refractivity contribution in [3.63, 3.8) is 0 Å². The SMILES string of the molecule is CC(C)N1C(=O)N(c2c(F)cc(C#Cc3cccnc3)cc2F)C(=O)C2NN(C)C=C21. The molecule has 1 N–H and O–H groups in total. The Hall–Kier alpha value is -3.77. The summed E-state index contributed by atoms with van der Waals surface area (Å²) in [6.45, 7) is 3.51. The molecule has 2 aliphatic heterocycles. The van der Waals surface area contributed by atoms with Gasteiger partial charge in [0.1, 0.15) is 11.7 Å². The van der Waals surface area contributed by atoms with E-state index in [2.05, 4.69) is 22.3 Å². The Morgan fingerprint density at radius 1 is 1.13 bits per heavy atom. The van der Waals surface area contributed by atoms with Gasteiger partial charge in [0.05, 0.1) is 5.70 Å². The molecule has 0 bridgehead atoms. The molecule has 3 amide bonds. The van der Waals surface area contributed by atoms with Crippen molar-refractivity contribution < 1.29 is 18.4 Å². The van der Waals surface area contributed by atoms with Crippen LogP contribution in [0.25, 0.3) is 0 Å². The van der Waals surface area contributed by atoms with Gasteiger partial charge in [-0.25, -0.2) is 23.9 Å². The minimum absolute atomic E-state index is 0.0690. The van der Waals surface area contributed by atoms with Gasteiger partial charge in [-0.15, -0.1) is 0 Å². The molecule has 9 heteroatoms. The standard InChI is InChI=1S/C22H19F2N5O2/c1-13(2)28-18-12-27(3)26-19(18)21(30)29(22(28)31)20-16(23)9-15(10-17(20)24)7-6-14-5-4-8-25-11-14/h4-5,8-13,19,26H,1-3H3. The van der Waals surface area contributed by atoms with Crippen molar-refractivity contribution in [3.05, 3.63) is 71.3 Å². The lowest BCUT2D eigenvalue weighted by molar-refractivity contribution is -0.120. The molecule has 7 nitrogen and oxygen atoms in total. The van der Waals surface area contributed by atoms with Crippen LogP contribution in [0.15, 0.2) is 48.6 Å². The first-order valence-electron chi connectivity index (χ1n) is 9.57. The Morgan fingerprint density at radius 2 is 1.81 bits per heavy atom. The maximum Gasteiger partial charge on any atom is 0.336 e. The topological polar surface area (TPSA) is 68.8 Å². The molecule has 1 aromatic carbocycles. The van der Waals surface area contributed by atoms with E-state index in [1.54, 1.807) is 45.4 Å². The average molecular weight is 423 g/mol. The van der Waals surface area contributed by atoms with Crippen molar-refractivity contribution in [2.75, 3.05) is 11.9 Å². The lowest BCUT2D eigenvalue weighted by atomic mass is 10.1. The molecule has 0 spiro atoms. The summed E-state index contributed by atoms with van der Waals surface area (Å²) in [7, 11) is 1.67. The van der Waals surface area contributed by atoms with Gasteiger partial charge in [0.2, 0.25) is 0 Å². The summed E-state index contributed by atoms with van der Waals surface area (Å²) in [6.07, 6.45) is 4.72. The van der Waals surface area contributed by atoms with E-state index in [4.69, 9.17) is 0 Å². The van der Waals surface area contributed by atoms with Gasteiger partial charge in [0.15, 0.2) is 11.6 Å². The first-order valence-corrected chi connectivity index (χ1v) is 9.57. The fourth-order valence-corrected chi connectivity index (χ4v) is 3.56. The number of hydrazine groups is 1. The number of nitrogens with zero attached hydrogens (tertiary/aromatic N) is 4. The highest BCUT2D eigenvalue weighted by Crippen LogP contribution is 2.34. The lowest BCUT2D eigenvalue weighted by Crippen LogP contribution is -2.62. The number of carbonyl (C=O) groups is 2. The van der Waals surface area contributed by atoms with Crippen LogP contribution in [0.1, 0.15) is 25.0 Å². The van der Waals surface area contributed by atoms with Gasteiger partial charge in [-0.3, -0.25) is 14.7 Å². The smallest absolute Gasteiger partial charge is 0.316 e. The molecule has 31 heavy (non-hydrogen) atoms. The Bertz CT molecular complexity index is 1130. The predicted octanol–water partition coefficient (Wildman–Crippen LogP) is 2.60. The largest absolute Gasteiger partial charge is 0.336 e. The number of benzene rings is 1. The summed E-state index contributed by atoms with van der Waals surface area (Å²) in [4.78, 5) is 31.9. The number of fused-ring (bicyclic) bond motifs is 1. The van der Waals surface area contributed by atoms with Gasteiger partial charge in [0.25, 0.3) is 5.91 Å². The number of imide groups is 1. The molecule has 1 aromatic heterocycles. The monoisotopic (exact) mass is 423 g/mol. The number of nitrogens with one attached hydrogen (secondary N) is 1. The minimum atomic E-state index is -1.06. The van der Waals surface area contributed by atoms with Crippen LogP contribution in [0.4, 0.5) is 19.3 Å². The number of hydrogen-bond donors (Lipinski definition) is 1. The highest BCUT2D eigenvalue weighted by Gasteiger charge is 2.48. The Balaban J connectivity index is 1.74. The molecular weight excluding hydrogens is 404 g/mol. The van der Waals surface area contributed by atoms with E-state index < -0.39 is 35.3 Å². The summed E-state index contributed by atoms with van der Waals surface area (Å²) < 4.78 is 30.0. The number of amides is 3. The third-order valence-electron chi connectivity index (χ3n) is 4.87. The van der Waals surface area contributed by atoms with Crippen LogP contribution in [0.5, 0.6) is 0 Å². The molecule has 1 fully saturated rings. The summed E-state index contributed by atoms with van der Waals surface area (Å²) in [5.41, 5.74) is 3.25. The zero-order valence-corrected chi connectivity index (χ0v) is 17.1. The highest BCUT2D eigenvalue weighted by molar-refractivity contribution is 6.20. The fraction of sp³-hybridized carbons (Fsp3) is 0.227. The van der Waals surface area contributed by atoms with E-state index in [0.29, 0.717) is 16.2 Å². The normalized spacial score (nSPS) is 18.2. The van der Waals surface area contributed by atoms with Crippen molar-refractivity contribution in [2.45, 2.75) is 25.9 Å². The zero-order valence-electron chi connectivity index (χ0n) is 17.1. The second-order valence-corrected chi connectivity index (χ2v) is 7.43. The number of anilines is 1. The minimum Gasteiger partial charge on any atom is -0.316 e. The molecule has 2 aliphatic rings. The quantitative estimate of drug-likeness (QED) is 0.753. The summed E-state index contributed by atoms with van der Waals surface area (Å²) in [5.74, 6) is 2.56. The summed E-state index contributed by atoms with van der Waals surface area (Å²) in [5, 5.41) is 1.54. The Labute approximate surface area is 177 Å². The maximum absolute atomic E-state index is 15.0. The number of carbonyl (C=O) groups excluding carboxylic acids is 2. The summed E-state index contributed by atoms with van der Waals surface area (Å²) >= 11 is 0. The van der Waals surface area contributed by atoms with Crippen molar-refractivity contribution in [1.82, 2.24) is 20.3 Å². The van der Waals surface area contributed by atoms with Crippen LogP contribution in [0, 0.1) is 23.5 Å². The number of aromatic nitrogens is 1. The van der Waals surface area contributed by atoms with Crippen LogP contribution in [0.3, 0.4) is 0 Å². The molecule has 1 atom stereocenters. The zero-order chi connectivity index (χ0) is 22.3. The van der Waals surface area contributed by atoms with Crippen molar-refractivity contribution in [1.29, 1.82) is 0 Å². The van der Waals surface area contributed by atoms with Gasteiger partial charge < -0.3 is 5.01 Å². The molecule has 1 saturated heterocycles. The molecule has 158 valence electrons. The molecule has 0 aliphatic carbocycles. The molecule has 3 heterocycles. The van der Waals surface area contributed by atoms with Gasteiger partial charge in [-0.1, -0.05) is 11.8 Å². The number of halogens is 2. The van der Waals surface area contributed by atoms with Gasteiger partial charge >= 0.3 is 6.03 Å². The van der Waals surface area contributed by atoms with Crippen molar-refractivity contribution in [3.8, 4) is 11.8 Å². The average Bonchev–Trinajstić information content (AvgIpc) is 3.10. The third kappa shape index (κ3) is 3.62. The van der Waals surface area contributed by atoms with E-state index in [1.165, 1.54) is 16.1 Å². The van der Waals surface area contributed by atoms with Gasteiger partial charge in [-0.05, 0) is 38.1 Å². The van der Waals surface area contributed by atoms with Crippen LogP contribution in [-0.4, -0.2) is 46.0 Å². The van der Waals surface area contributed by atoms with Crippen molar-refractivity contribution in [2.24, 2.45) is 0 Å². The second kappa shape index (κ2) is 7.81. The second-order valence-electron chi connectivity index (χ2n) is 7.43. The number of hydrogen-bond acceptors (Lipinski definition) is 5. The van der Waals surface area contributed by atoms with Gasteiger partial charge in [-0.2, -0.15) is 0 Å². The molecule has 4 rings (SSSR count). The lowest BCUT2D eigenvalue weighted by Gasteiger charge is -2.40. The van der Waals surface area contributed by atoms with Crippen LogP contribution < -0.4 is 10.3 Å². The van der Waals surface area contributed by atoms with Crippen LogP contribution in [0.2, 0.25) is 0 Å². The number of urea groups is 1. The first-order chi connectivity index (χ1) is 14.8. The number of pyridine rings is 1. The van der Waals surface area contributed by atoms with Crippen molar-refractivity contribution >= 4 is 17.6 Å². The third-order valence-corrected chi connectivity index (χ3v) is 4.87. The van der Waals surface area contributed by atoms with E-state index in [0.717, 1.165) is 12.1 Å². The van der Waals surface area contributed by atoms with Gasteiger partial charge in [0, 0.05) is 42.8 Å². The highest BCUT2D eigenvalue weighted by atomic mass is 19.1. The number of rotatable bonds is 2. The molecule has 0 radical (unpaired) electrons. The van der Waals surface area contributed by atoms with E-state index in [1.807, 2.05) is 0 Å². The van der Waals surface area contributed by atoms with E-state index in [-0.39, 0.29) is 11.6 Å². The fourth-order valence-electron chi connectivity index (χ4n) is 3.56. The first kappa shape index (κ1) is 20.5. The molecule has 0 saturated carbocycles. The predicted molar refractivity (Wildman–Crippen MR) is 109 cm³/mol. The Kier molecular flexibility index (Phi) is 5.17.